The summed E-state index contributed by atoms with van der Waals surface area (Å²) in [5, 5.41) is 4.34. The molecule has 1 aliphatic heterocycles. The van der Waals surface area contributed by atoms with Gasteiger partial charge in [-0.1, -0.05) is 12.1 Å². The monoisotopic (exact) mass is 312 g/mol. The molecule has 1 saturated heterocycles. The zero-order valence-electron chi connectivity index (χ0n) is 13.2. The highest BCUT2D eigenvalue weighted by Crippen LogP contribution is 2.17. The molecule has 3 heterocycles. The van der Waals surface area contributed by atoms with Crippen molar-refractivity contribution in [1.29, 1.82) is 0 Å². The molecule has 1 aromatic carbocycles. The molecule has 0 unspecified atom stereocenters. The fourth-order valence-electron chi connectivity index (χ4n) is 2.99. The number of morpholine rings is 1. The van der Waals surface area contributed by atoms with E-state index in [0.29, 0.717) is 6.54 Å². The summed E-state index contributed by atoms with van der Waals surface area (Å²) in [5.41, 5.74) is 2.93. The molecule has 6 nitrogen and oxygen atoms in total. The fraction of sp³-hybridized carbons (Fsp3) is 0.412. The van der Waals surface area contributed by atoms with Crippen LogP contribution in [0.5, 0.6) is 0 Å². The van der Waals surface area contributed by atoms with Crippen LogP contribution in [0.15, 0.2) is 41.1 Å². The molecule has 1 atom stereocenters. The van der Waals surface area contributed by atoms with Crippen molar-refractivity contribution >= 4 is 11.1 Å². The summed E-state index contributed by atoms with van der Waals surface area (Å²) in [4.78, 5) is 6.88. The van der Waals surface area contributed by atoms with Crippen LogP contribution < -0.4 is 0 Å². The summed E-state index contributed by atoms with van der Waals surface area (Å²) in [5.74, 6) is 0.766. The molecular formula is C17H20N4O2. The highest BCUT2D eigenvalue weighted by Gasteiger charge is 2.22. The van der Waals surface area contributed by atoms with Crippen molar-refractivity contribution in [2.24, 2.45) is 0 Å². The SMILES string of the molecule is Cc1cnn(C[C@@H]2CN(Cc3nc4ccccc4o3)CCO2)c1. The largest absolute Gasteiger partial charge is 0.439 e. The maximum absolute atomic E-state index is 5.86. The zero-order valence-corrected chi connectivity index (χ0v) is 13.2. The maximum atomic E-state index is 5.86. The second-order valence-electron chi connectivity index (χ2n) is 6.04. The van der Waals surface area contributed by atoms with Gasteiger partial charge >= 0.3 is 0 Å². The highest BCUT2D eigenvalue weighted by molar-refractivity contribution is 5.72. The number of oxazole rings is 1. The van der Waals surface area contributed by atoms with Crippen molar-refractivity contribution in [3.05, 3.63) is 48.1 Å². The molecule has 0 bridgehead atoms. The first kappa shape index (κ1) is 14.4. The molecule has 0 saturated carbocycles. The van der Waals surface area contributed by atoms with Crippen LogP contribution in [-0.4, -0.2) is 45.5 Å². The number of nitrogens with zero attached hydrogens (tertiary/aromatic N) is 4. The van der Waals surface area contributed by atoms with Crippen LogP contribution in [0.2, 0.25) is 0 Å². The summed E-state index contributed by atoms with van der Waals surface area (Å²) in [6.07, 6.45) is 4.06. The van der Waals surface area contributed by atoms with Gasteiger partial charge in [0, 0.05) is 19.3 Å². The number of para-hydroxylation sites is 2. The van der Waals surface area contributed by atoms with Crippen LogP contribution in [-0.2, 0) is 17.8 Å². The zero-order chi connectivity index (χ0) is 15.6. The van der Waals surface area contributed by atoms with E-state index in [1.165, 1.54) is 5.56 Å². The number of fused-ring (bicyclic) bond motifs is 1. The third-order valence-corrected chi connectivity index (χ3v) is 4.07. The van der Waals surface area contributed by atoms with E-state index < -0.39 is 0 Å². The standard InChI is InChI=1S/C17H20N4O2/c1-13-8-18-21(9-13)11-14-10-20(6-7-22-14)12-17-19-15-4-2-3-5-16(15)23-17/h2-5,8-9,14H,6-7,10-12H2,1H3/t14-/m0/s1. The molecule has 0 N–H and O–H groups in total. The van der Waals surface area contributed by atoms with E-state index in [-0.39, 0.29) is 6.10 Å². The van der Waals surface area contributed by atoms with Crippen molar-refractivity contribution in [3.63, 3.8) is 0 Å². The molecule has 1 fully saturated rings. The lowest BCUT2D eigenvalue weighted by Crippen LogP contribution is -2.43. The van der Waals surface area contributed by atoms with Gasteiger partial charge in [-0.15, -0.1) is 0 Å². The van der Waals surface area contributed by atoms with Crippen molar-refractivity contribution < 1.29 is 9.15 Å². The molecule has 6 heteroatoms. The Morgan fingerprint density at radius 2 is 2.22 bits per heavy atom. The number of benzene rings is 1. The minimum Gasteiger partial charge on any atom is -0.439 e. The third-order valence-electron chi connectivity index (χ3n) is 4.07. The minimum atomic E-state index is 0.146. The Morgan fingerprint density at radius 3 is 3.04 bits per heavy atom. The quantitative estimate of drug-likeness (QED) is 0.739. The van der Waals surface area contributed by atoms with Gasteiger partial charge in [0.05, 0.1) is 32.0 Å². The second-order valence-corrected chi connectivity index (χ2v) is 6.04. The van der Waals surface area contributed by atoms with E-state index in [0.717, 1.165) is 43.2 Å². The van der Waals surface area contributed by atoms with Gasteiger partial charge < -0.3 is 9.15 Å². The van der Waals surface area contributed by atoms with E-state index in [1.807, 2.05) is 48.3 Å². The van der Waals surface area contributed by atoms with Gasteiger partial charge in [0.25, 0.3) is 0 Å². The van der Waals surface area contributed by atoms with Crippen LogP contribution in [0.25, 0.3) is 11.1 Å². The smallest absolute Gasteiger partial charge is 0.209 e. The van der Waals surface area contributed by atoms with E-state index in [2.05, 4.69) is 15.0 Å². The lowest BCUT2D eigenvalue weighted by atomic mass is 10.2. The summed E-state index contributed by atoms with van der Waals surface area (Å²) in [6, 6.07) is 7.87. The van der Waals surface area contributed by atoms with Gasteiger partial charge in [0.1, 0.15) is 5.52 Å². The Kier molecular flexibility index (Phi) is 3.85. The van der Waals surface area contributed by atoms with Gasteiger partial charge in [-0.2, -0.15) is 5.10 Å². The molecular weight excluding hydrogens is 292 g/mol. The first-order valence-corrected chi connectivity index (χ1v) is 7.94. The van der Waals surface area contributed by atoms with Crippen molar-refractivity contribution in [2.45, 2.75) is 26.1 Å². The number of ether oxygens (including phenoxy) is 1. The molecule has 3 aromatic rings. The van der Waals surface area contributed by atoms with Crippen LogP contribution in [0.1, 0.15) is 11.5 Å². The Labute approximate surface area is 134 Å². The maximum Gasteiger partial charge on any atom is 0.209 e. The van der Waals surface area contributed by atoms with E-state index in [4.69, 9.17) is 9.15 Å². The lowest BCUT2D eigenvalue weighted by Gasteiger charge is -2.31. The van der Waals surface area contributed by atoms with Gasteiger partial charge in [-0.25, -0.2) is 4.98 Å². The summed E-state index contributed by atoms with van der Waals surface area (Å²) < 4.78 is 13.6. The van der Waals surface area contributed by atoms with Gasteiger partial charge in [-0.3, -0.25) is 9.58 Å². The van der Waals surface area contributed by atoms with Gasteiger partial charge in [0.2, 0.25) is 5.89 Å². The Hall–Kier alpha value is -2.18. The molecule has 0 amide bonds. The van der Waals surface area contributed by atoms with Crippen LogP contribution >= 0.6 is 0 Å². The average molecular weight is 312 g/mol. The molecule has 120 valence electrons. The lowest BCUT2D eigenvalue weighted by molar-refractivity contribution is -0.0421. The predicted molar refractivity (Wildman–Crippen MR) is 86.0 cm³/mol. The van der Waals surface area contributed by atoms with Gasteiger partial charge in [0.15, 0.2) is 5.58 Å². The topological polar surface area (TPSA) is 56.3 Å². The summed E-state index contributed by atoms with van der Waals surface area (Å²) >= 11 is 0. The molecule has 2 aromatic heterocycles. The number of aromatic nitrogens is 3. The summed E-state index contributed by atoms with van der Waals surface area (Å²) in [7, 11) is 0. The first-order chi connectivity index (χ1) is 11.3. The first-order valence-electron chi connectivity index (χ1n) is 7.94. The molecule has 1 aliphatic rings. The molecule has 0 aliphatic carbocycles. The second kappa shape index (κ2) is 6.14. The van der Waals surface area contributed by atoms with Crippen molar-refractivity contribution in [1.82, 2.24) is 19.7 Å². The third kappa shape index (κ3) is 3.28. The fourth-order valence-corrected chi connectivity index (χ4v) is 2.99. The van der Waals surface area contributed by atoms with E-state index in [1.54, 1.807) is 0 Å². The molecule has 23 heavy (non-hydrogen) atoms. The Morgan fingerprint density at radius 1 is 1.30 bits per heavy atom. The minimum absolute atomic E-state index is 0.146. The Bertz CT molecular complexity index is 762. The molecule has 0 radical (unpaired) electrons. The van der Waals surface area contributed by atoms with Crippen LogP contribution in [0.3, 0.4) is 0 Å². The Balaban J connectivity index is 1.40. The van der Waals surface area contributed by atoms with Gasteiger partial charge in [-0.05, 0) is 24.6 Å². The normalized spacial score (nSPS) is 19.4. The number of rotatable bonds is 4. The predicted octanol–water partition coefficient (Wildman–Crippen LogP) is 2.23. The number of hydrogen-bond acceptors (Lipinski definition) is 5. The van der Waals surface area contributed by atoms with E-state index >= 15 is 0 Å². The van der Waals surface area contributed by atoms with Crippen LogP contribution in [0, 0.1) is 6.92 Å². The average Bonchev–Trinajstić information content (AvgIpc) is 3.13. The van der Waals surface area contributed by atoms with Crippen molar-refractivity contribution in [3.8, 4) is 0 Å². The van der Waals surface area contributed by atoms with Crippen molar-refractivity contribution in [2.75, 3.05) is 19.7 Å². The number of hydrogen-bond donors (Lipinski definition) is 0. The van der Waals surface area contributed by atoms with E-state index in [9.17, 15) is 0 Å². The molecule has 0 spiro atoms. The summed E-state index contributed by atoms with van der Waals surface area (Å²) in [6.45, 7) is 6.02. The van der Waals surface area contributed by atoms with Crippen LogP contribution in [0.4, 0.5) is 0 Å². The molecule has 4 rings (SSSR count). The number of aryl methyl sites for hydroxylation is 1. The highest BCUT2D eigenvalue weighted by atomic mass is 16.5.